The van der Waals surface area contributed by atoms with Crippen LogP contribution in [0.3, 0.4) is 0 Å². The van der Waals surface area contributed by atoms with Crippen molar-refractivity contribution in [3.05, 3.63) is 107 Å². The van der Waals surface area contributed by atoms with Crippen LogP contribution in [-0.4, -0.2) is 41.0 Å². The van der Waals surface area contributed by atoms with Crippen molar-refractivity contribution in [1.29, 1.82) is 0 Å². The Kier molecular flexibility index (Phi) is 11.5. The maximum absolute atomic E-state index is 14.4. The molecule has 0 aliphatic rings. The second-order valence-electron chi connectivity index (χ2n) is 11.3. The normalized spacial score (nSPS) is 12.6. The molecular formula is C34H43N3O4. The van der Waals surface area contributed by atoms with Gasteiger partial charge in [0.05, 0.1) is 0 Å². The zero-order chi connectivity index (χ0) is 29.8. The fraction of sp³-hybridized carbons (Fsp3) is 0.382. The van der Waals surface area contributed by atoms with Crippen LogP contribution < -0.4 is 10.6 Å². The van der Waals surface area contributed by atoms with Crippen LogP contribution in [0.25, 0.3) is 0 Å². The largest absolute Gasteiger partial charge is 0.444 e. The molecule has 7 heteroatoms. The minimum absolute atomic E-state index is 0.258. The molecule has 2 N–H and O–H groups in total. The Morgan fingerprint density at radius 3 is 2.10 bits per heavy atom. The van der Waals surface area contributed by atoms with Gasteiger partial charge in [-0.15, -0.1) is 0 Å². The van der Waals surface area contributed by atoms with Gasteiger partial charge in [0.25, 0.3) is 0 Å². The van der Waals surface area contributed by atoms with Crippen LogP contribution in [0.15, 0.2) is 84.9 Å². The van der Waals surface area contributed by atoms with E-state index >= 15 is 0 Å². The second kappa shape index (κ2) is 15.0. The summed E-state index contributed by atoms with van der Waals surface area (Å²) in [5, 5.41) is 5.85. The summed E-state index contributed by atoms with van der Waals surface area (Å²) < 4.78 is 5.51. The number of nitrogens with zero attached hydrogens (tertiary/aromatic N) is 1. The predicted molar refractivity (Wildman–Crippen MR) is 162 cm³/mol. The smallest absolute Gasteiger partial charge is 0.408 e. The van der Waals surface area contributed by atoms with E-state index in [2.05, 4.69) is 10.6 Å². The van der Waals surface area contributed by atoms with Gasteiger partial charge in [0.1, 0.15) is 17.7 Å². The summed E-state index contributed by atoms with van der Waals surface area (Å²) in [7, 11) is 0. The highest BCUT2D eigenvalue weighted by molar-refractivity contribution is 5.92. The number of benzene rings is 3. The number of alkyl carbamates (subject to hydrolysis) is 1. The van der Waals surface area contributed by atoms with E-state index in [9.17, 15) is 14.4 Å². The summed E-state index contributed by atoms with van der Waals surface area (Å²) in [4.78, 5) is 42.8. The molecule has 3 amide bonds. The third kappa shape index (κ3) is 10.1. The van der Waals surface area contributed by atoms with Crippen LogP contribution in [0.4, 0.5) is 4.79 Å². The highest BCUT2D eigenvalue weighted by Gasteiger charge is 2.36. The Hall–Kier alpha value is -4.13. The van der Waals surface area contributed by atoms with E-state index in [1.807, 2.05) is 98.8 Å². The molecule has 2 atom stereocenters. The zero-order valence-corrected chi connectivity index (χ0v) is 24.9. The minimum Gasteiger partial charge on any atom is -0.444 e. The quantitative estimate of drug-likeness (QED) is 0.281. The van der Waals surface area contributed by atoms with Crippen molar-refractivity contribution in [2.24, 2.45) is 0 Å². The van der Waals surface area contributed by atoms with Gasteiger partial charge in [0, 0.05) is 19.5 Å². The Morgan fingerprint density at radius 1 is 0.878 bits per heavy atom. The number of unbranched alkanes of at least 4 members (excludes halogenated alkanes) is 1. The lowest BCUT2D eigenvalue weighted by atomic mass is 9.98. The monoisotopic (exact) mass is 557 g/mol. The molecule has 0 aliphatic carbocycles. The van der Waals surface area contributed by atoms with Crippen LogP contribution in [0.5, 0.6) is 0 Å². The molecular weight excluding hydrogens is 514 g/mol. The number of carbonyl (C=O) groups is 3. The molecule has 218 valence electrons. The first-order valence-corrected chi connectivity index (χ1v) is 14.3. The van der Waals surface area contributed by atoms with Crippen LogP contribution in [0, 0.1) is 6.92 Å². The third-order valence-corrected chi connectivity index (χ3v) is 6.53. The van der Waals surface area contributed by atoms with E-state index in [0.717, 1.165) is 28.7 Å². The predicted octanol–water partition coefficient (Wildman–Crippen LogP) is 6.12. The lowest BCUT2D eigenvalue weighted by Crippen LogP contribution is -2.54. The molecule has 0 bridgehead atoms. The molecule has 0 saturated heterocycles. The highest BCUT2D eigenvalue weighted by Crippen LogP contribution is 2.25. The molecule has 0 fully saturated rings. The van der Waals surface area contributed by atoms with Gasteiger partial charge in [0.2, 0.25) is 11.8 Å². The number of hydrogen-bond donors (Lipinski definition) is 2. The summed E-state index contributed by atoms with van der Waals surface area (Å²) in [5.41, 5.74) is 2.82. The number of ether oxygens (including phenoxy) is 1. The second-order valence-corrected chi connectivity index (χ2v) is 11.3. The number of carbonyl (C=O) groups excluding carboxylic acids is 3. The van der Waals surface area contributed by atoms with Gasteiger partial charge in [-0.2, -0.15) is 0 Å². The fourth-order valence-corrected chi connectivity index (χ4v) is 4.59. The van der Waals surface area contributed by atoms with E-state index in [-0.39, 0.29) is 18.2 Å². The van der Waals surface area contributed by atoms with Gasteiger partial charge in [-0.05, 0) is 50.8 Å². The molecule has 3 rings (SSSR count). The van der Waals surface area contributed by atoms with Gasteiger partial charge < -0.3 is 20.3 Å². The SMILES string of the molecule is CCCCN(C(=O)C(Cc1ccccc1)NC(=O)OC(C)(C)C)C(C(=O)NCc1ccccc1)c1cccc(C)c1. The highest BCUT2D eigenvalue weighted by atomic mass is 16.6. The Labute approximate surface area is 244 Å². The standard InChI is InChI=1S/C34H43N3O4/c1-6-7-21-37(32(39)29(23-26-16-10-8-11-17-26)36-33(40)41-34(3,4)5)30(28-20-14-15-25(2)22-28)31(38)35-24-27-18-12-9-13-19-27/h8-20,22,29-30H,6-7,21,23-24H2,1-5H3,(H,35,38)(H,36,40). The molecule has 0 aliphatic heterocycles. The Morgan fingerprint density at radius 2 is 1.51 bits per heavy atom. The summed E-state index contributed by atoms with van der Waals surface area (Å²) in [6, 6.07) is 25.0. The molecule has 0 saturated carbocycles. The van der Waals surface area contributed by atoms with Gasteiger partial charge in [-0.3, -0.25) is 9.59 Å². The van der Waals surface area contributed by atoms with Gasteiger partial charge in [-0.1, -0.05) is 104 Å². The summed E-state index contributed by atoms with van der Waals surface area (Å²) in [6.45, 7) is 10.0. The lowest BCUT2D eigenvalue weighted by Gasteiger charge is -2.34. The number of rotatable bonds is 12. The molecule has 41 heavy (non-hydrogen) atoms. The number of nitrogens with one attached hydrogen (secondary N) is 2. The third-order valence-electron chi connectivity index (χ3n) is 6.53. The average molecular weight is 558 g/mol. The van der Waals surface area contributed by atoms with Gasteiger partial charge in [0.15, 0.2) is 0 Å². The fourth-order valence-electron chi connectivity index (χ4n) is 4.59. The van der Waals surface area contributed by atoms with E-state index < -0.39 is 23.8 Å². The van der Waals surface area contributed by atoms with Crippen molar-refractivity contribution in [2.75, 3.05) is 6.54 Å². The van der Waals surface area contributed by atoms with Crippen LogP contribution in [0.1, 0.15) is 68.8 Å². The molecule has 0 radical (unpaired) electrons. The molecule has 0 spiro atoms. The number of hydrogen-bond acceptors (Lipinski definition) is 4. The van der Waals surface area contributed by atoms with Crippen molar-refractivity contribution in [2.45, 2.75) is 78.1 Å². The van der Waals surface area contributed by atoms with Crippen molar-refractivity contribution in [3.63, 3.8) is 0 Å². The van der Waals surface area contributed by atoms with E-state index in [1.54, 1.807) is 25.7 Å². The number of amides is 3. The molecule has 3 aromatic rings. The first kappa shape index (κ1) is 31.4. The minimum atomic E-state index is -0.932. The van der Waals surface area contributed by atoms with Crippen LogP contribution in [-0.2, 0) is 27.3 Å². The van der Waals surface area contributed by atoms with E-state index in [4.69, 9.17) is 4.74 Å². The van der Waals surface area contributed by atoms with Crippen LogP contribution >= 0.6 is 0 Å². The zero-order valence-electron chi connectivity index (χ0n) is 24.9. The van der Waals surface area contributed by atoms with Gasteiger partial charge in [-0.25, -0.2) is 4.79 Å². The van der Waals surface area contributed by atoms with Crippen LogP contribution in [0.2, 0.25) is 0 Å². The lowest BCUT2D eigenvalue weighted by molar-refractivity contribution is -0.142. The Balaban J connectivity index is 2.00. The molecule has 2 unspecified atom stereocenters. The van der Waals surface area contributed by atoms with Crippen molar-refractivity contribution in [1.82, 2.24) is 15.5 Å². The maximum atomic E-state index is 14.4. The molecule has 0 aromatic heterocycles. The molecule has 0 heterocycles. The van der Waals surface area contributed by atoms with Crippen molar-refractivity contribution >= 4 is 17.9 Å². The Bertz CT molecular complexity index is 1270. The van der Waals surface area contributed by atoms with E-state index in [1.165, 1.54) is 0 Å². The van der Waals surface area contributed by atoms with Crippen molar-refractivity contribution in [3.8, 4) is 0 Å². The average Bonchev–Trinajstić information content (AvgIpc) is 2.93. The summed E-state index contributed by atoms with van der Waals surface area (Å²) in [5.74, 6) is -0.617. The van der Waals surface area contributed by atoms with Crippen molar-refractivity contribution < 1.29 is 19.1 Å². The summed E-state index contributed by atoms with van der Waals surface area (Å²) >= 11 is 0. The van der Waals surface area contributed by atoms with E-state index in [0.29, 0.717) is 19.5 Å². The van der Waals surface area contributed by atoms with Gasteiger partial charge >= 0.3 is 6.09 Å². The molecule has 3 aromatic carbocycles. The molecule has 7 nitrogen and oxygen atoms in total. The first-order chi connectivity index (χ1) is 19.6. The number of aryl methyl sites for hydroxylation is 1. The maximum Gasteiger partial charge on any atom is 0.408 e. The summed E-state index contributed by atoms with van der Waals surface area (Å²) in [6.07, 6.45) is 1.11. The topological polar surface area (TPSA) is 87.7 Å². The first-order valence-electron chi connectivity index (χ1n) is 14.3.